The van der Waals surface area contributed by atoms with Crippen molar-refractivity contribution in [3.05, 3.63) is 72.9 Å². The molecule has 0 saturated carbocycles. The molecule has 0 amide bonds. The number of ether oxygens (including phenoxy) is 1. The van der Waals surface area contributed by atoms with Crippen molar-refractivity contribution in [1.29, 1.82) is 0 Å². The van der Waals surface area contributed by atoms with Gasteiger partial charge in [-0.3, -0.25) is 9.97 Å². The Hall–Kier alpha value is -3.74. The first-order valence-electron chi connectivity index (χ1n) is 11.2. The van der Waals surface area contributed by atoms with Gasteiger partial charge in [0.25, 0.3) is 0 Å². The lowest BCUT2D eigenvalue weighted by atomic mass is 10.0. The summed E-state index contributed by atoms with van der Waals surface area (Å²) in [6, 6.07) is 14.5. The van der Waals surface area contributed by atoms with Gasteiger partial charge in [-0.1, -0.05) is 19.9 Å². The van der Waals surface area contributed by atoms with E-state index in [9.17, 15) is 4.39 Å². The summed E-state index contributed by atoms with van der Waals surface area (Å²) in [6.07, 6.45) is 5.34. The highest BCUT2D eigenvalue weighted by atomic mass is 19.1. The van der Waals surface area contributed by atoms with Crippen LogP contribution in [0, 0.1) is 11.7 Å². The summed E-state index contributed by atoms with van der Waals surface area (Å²) in [5, 5.41) is 3.49. The van der Waals surface area contributed by atoms with Gasteiger partial charge in [0.05, 0.1) is 24.1 Å². The van der Waals surface area contributed by atoms with Gasteiger partial charge >= 0.3 is 0 Å². The molecule has 33 heavy (non-hydrogen) atoms. The lowest BCUT2D eigenvalue weighted by Gasteiger charge is -2.39. The predicted molar refractivity (Wildman–Crippen MR) is 129 cm³/mol. The van der Waals surface area contributed by atoms with Gasteiger partial charge in [-0.25, -0.2) is 9.37 Å². The zero-order valence-electron chi connectivity index (χ0n) is 18.7. The van der Waals surface area contributed by atoms with Crippen molar-refractivity contribution in [3.8, 4) is 16.9 Å². The second-order valence-corrected chi connectivity index (χ2v) is 8.73. The first-order valence-corrected chi connectivity index (χ1v) is 11.2. The van der Waals surface area contributed by atoms with Crippen molar-refractivity contribution in [2.75, 3.05) is 29.9 Å². The number of halogens is 1. The summed E-state index contributed by atoms with van der Waals surface area (Å²) in [5.74, 6) is 1.70. The van der Waals surface area contributed by atoms with E-state index in [0.29, 0.717) is 24.8 Å². The molecule has 4 aromatic rings. The SMILES string of the molecule is CC(C)CNc1cc(-c2ccc(N3CC(Oc4cccc(F)c4)C3)nc2)c2nccnc2c1. The van der Waals surface area contributed by atoms with Gasteiger partial charge in [0.2, 0.25) is 0 Å². The third kappa shape index (κ3) is 4.72. The number of nitrogens with one attached hydrogen (secondary N) is 1. The molecule has 0 unspecified atom stereocenters. The number of pyridine rings is 1. The van der Waals surface area contributed by atoms with Gasteiger partial charge < -0.3 is 15.0 Å². The van der Waals surface area contributed by atoms with E-state index in [0.717, 1.165) is 40.2 Å². The van der Waals surface area contributed by atoms with Crippen LogP contribution < -0.4 is 15.0 Å². The van der Waals surface area contributed by atoms with Crippen LogP contribution >= 0.6 is 0 Å². The molecule has 1 fully saturated rings. The van der Waals surface area contributed by atoms with Crippen LogP contribution in [-0.2, 0) is 0 Å². The minimum Gasteiger partial charge on any atom is -0.487 e. The third-order valence-corrected chi connectivity index (χ3v) is 5.62. The summed E-state index contributed by atoms with van der Waals surface area (Å²) < 4.78 is 19.2. The van der Waals surface area contributed by atoms with Gasteiger partial charge in [0.1, 0.15) is 23.5 Å². The molecule has 1 aliphatic heterocycles. The van der Waals surface area contributed by atoms with E-state index >= 15 is 0 Å². The predicted octanol–water partition coefficient (Wildman–Crippen LogP) is 5.17. The number of anilines is 2. The van der Waals surface area contributed by atoms with Crippen molar-refractivity contribution >= 4 is 22.5 Å². The fourth-order valence-corrected chi connectivity index (χ4v) is 3.88. The zero-order valence-corrected chi connectivity index (χ0v) is 18.7. The Morgan fingerprint density at radius 2 is 1.91 bits per heavy atom. The number of benzene rings is 2. The van der Waals surface area contributed by atoms with Crippen molar-refractivity contribution in [2.45, 2.75) is 20.0 Å². The van der Waals surface area contributed by atoms with E-state index in [1.165, 1.54) is 12.1 Å². The molecule has 0 atom stereocenters. The molecule has 0 radical (unpaired) electrons. The van der Waals surface area contributed by atoms with Crippen LogP contribution in [0.1, 0.15) is 13.8 Å². The lowest BCUT2D eigenvalue weighted by molar-refractivity contribution is 0.166. The second-order valence-electron chi connectivity index (χ2n) is 8.73. The topological polar surface area (TPSA) is 63.2 Å². The molecule has 7 heteroatoms. The van der Waals surface area contributed by atoms with Crippen LogP contribution in [0.5, 0.6) is 5.75 Å². The van der Waals surface area contributed by atoms with E-state index in [1.54, 1.807) is 24.5 Å². The number of fused-ring (bicyclic) bond motifs is 1. The minimum absolute atomic E-state index is 0.0243. The third-order valence-electron chi connectivity index (χ3n) is 5.62. The molecular formula is C26H26FN5O. The van der Waals surface area contributed by atoms with Crippen LogP contribution in [0.2, 0.25) is 0 Å². The van der Waals surface area contributed by atoms with E-state index in [2.05, 4.69) is 51.1 Å². The van der Waals surface area contributed by atoms with Gasteiger partial charge in [0, 0.05) is 48.0 Å². The summed E-state index contributed by atoms with van der Waals surface area (Å²) >= 11 is 0. The summed E-state index contributed by atoms with van der Waals surface area (Å²) in [6.45, 7) is 6.68. The first-order chi connectivity index (χ1) is 16.0. The van der Waals surface area contributed by atoms with Crippen molar-refractivity contribution < 1.29 is 9.13 Å². The molecule has 0 bridgehead atoms. The average molecular weight is 444 g/mol. The Balaban J connectivity index is 1.31. The zero-order chi connectivity index (χ0) is 22.8. The first kappa shape index (κ1) is 21.1. The smallest absolute Gasteiger partial charge is 0.134 e. The Morgan fingerprint density at radius 3 is 2.67 bits per heavy atom. The van der Waals surface area contributed by atoms with Crippen LogP contribution in [0.15, 0.2) is 67.1 Å². The quantitative estimate of drug-likeness (QED) is 0.425. The van der Waals surface area contributed by atoms with Crippen LogP contribution in [0.25, 0.3) is 22.2 Å². The van der Waals surface area contributed by atoms with E-state index in [1.807, 2.05) is 18.3 Å². The molecule has 1 saturated heterocycles. The van der Waals surface area contributed by atoms with Crippen LogP contribution in [0.3, 0.4) is 0 Å². The van der Waals surface area contributed by atoms with Crippen molar-refractivity contribution in [3.63, 3.8) is 0 Å². The second kappa shape index (κ2) is 9.02. The van der Waals surface area contributed by atoms with Crippen molar-refractivity contribution in [1.82, 2.24) is 15.0 Å². The van der Waals surface area contributed by atoms with Gasteiger partial charge in [-0.05, 0) is 42.3 Å². The number of aromatic nitrogens is 3. The molecular weight excluding hydrogens is 417 g/mol. The maximum absolute atomic E-state index is 13.3. The highest BCUT2D eigenvalue weighted by Gasteiger charge is 2.29. The molecule has 3 heterocycles. The number of rotatable bonds is 7. The molecule has 0 spiro atoms. The van der Waals surface area contributed by atoms with E-state index in [4.69, 9.17) is 4.74 Å². The Morgan fingerprint density at radius 1 is 1.06 bits per heavy atom. The number of hydrogen-bond acceptors (Lipinski definition) is 6. The normalized spacial score (nSPS) is 13.9. The molecule has 5 rings (SSSR count). The molecule has 6 nitrogen and oxygen atoms in total. The minimum atomic E-state index is -0.290. The molecule has 0 aliphatic carbocycles. The fourth-order valence-electron chi connectivity index (χ4n) is 3.88. The molecule has 1 N–H and O–H groups in total. The summed E-state index contributed by atoms with van der Waals surface area (Å²) in [5.41, 5.74) is 4.73. The molecule has 168 valence electrons. The largest absolute Gasteiger partial charge is 0.487 e. The Bertz CT molecular complexity index is 1260. The lowest BCUT2D eigenvalue weighted by Crippen LogP contribution is -2.54. The summed E-state index contributed by atoms with van der Waals surface area (Å²) in [7, 11) is 0. The molecule has 2 aromatic heterocycles. The number of nitrogens with zero attached hydrogens (tertiary/aromatic N) is 4. The monoisotopic (exact) mass is 443 g/mol. The maximum Gasteiger partial charge on any atom is 0.134 e. The highest BCUT2D eigenvalue weighted by molar-refractivity contribution is 5.94. The number of hydrogen-bond donors (Lipinski definition) is 1. The van der Waals surface area contributed by atoms with E-state index in [-0.39, 0.29) is 11.9 Å². The van der Waals surface area contributed by atoms with Crippen LogP contribution in [0.4, 0.5) is 15.9 Å². The Labute approximate surface area is 192 Å². The maximum atomic E-state index is 13.3. The van der Waals surface area contributed by atoms with Crippen LogP contribution in [-0.4, -0.2) is 40.7 Å². The average Bonchev–Trinajstić information content (AvgIpc) is 2.79. The van der Waals surface area contributed by atoms with Crippen molar-refractivity contribution in [2.24, 2.45) is 5.92 Å². The van der Waals surface area contributed by atoms with E-state index < -0.39 is 0 Å². The Kier molecular flexibility index (Phi) is 5.77. The van der Waals surface area contributed by atoms with Gasteiger partial charge in [-0.15, -0.1) is 0 Å². The molecule has 2 aromatic carbocycles. The van der Waals surface area contributed by atoms with Gasteiger partial charge in [0.15, 0.2) is 0 Å². The molecule has 1 aliphatic rings. The standard InChI is InChI=1S/C26H26FN5O/c1-17(2)13-30-20-11-23(26-24(12-20)28-8-9-29-26)18-6-7-25(31-14-18)32-15-22(16-32)33-21-5-3-4-19(27)10-21/h3-12,14,17,22,30H,13,15-16H2,1-2H3. The fraction of sp³-hybridized carbons (Fsp3) is 0.269. The highest BCUT2D eigenvalue weighted by Crippen LogP contribution is 2.31. The van der Waals surface area contributed by atoms with Gasteiger partial charge in [-0.2, -0.15) is 0 Å². The summed E-state index contributed by atoms with van der Waals surface area (Å²) in [4.78, 5) is 15.9.